The summed E-state index contributed by atoms with van der Waals surface area (Å²) in [6.45, 7) is 1.90. The van der Waals surface area contributed by atoms with E-state index in [9.17, 15) is 4.79 Å². The molecule has 66 valence electrons. The molecule has 4 heteroatoms. The molecule has 0 fully saturated rings. The first-order chi connectivity index (χ1) is 6.27. The van der Waals surface area contributed by atoms with E-state index in [1.807, 2.05) is 25.3 Å². The minimum Gasteiger partial charge on any atom is -0.360 e. The fraction of sp³-hybridized carbons (Fsp3) is 0.111. The highest BCUT2D eigenvalue weighted by Gasteiger charge is 2.02. The van der Waals surface area contributed by atoms with E-state index in [0.29, 0.717) is 0 Å². The molecule has 0 radical (unpaired) electrons. The van der Waals surface area contributed by atoms with Crippen molar-refractivity contribution in [2.45, 2.75) is 6.92 Å². The van der Waals surface area contributed by atoms with Crippen LogP contribution in [0.2, 0.25) is 0 Å². The molecule has 2 aromatic rings. The summed E-state index contributed by atoms with van der Waals surface area (Å²) in [5.41, 5.74) is 2.32. The molecule has 2 heterocycles. The fourth-order valence-corrected chi connectivity index (χ4v) is 1.22. The summed E-state index contributed by atoms with van der Waals surface area (Å²) in [6.07, 6.45) is 3.38. The van der Waals surface area contributed by atoms with Crippen LogP contribution in [0.25, 0.3) is 11.4 Å². The average molecular weight is 175 g/mol. The molecule has 13 heavy (non-hydrogen) atoms. The Morgan fingerprint density at radius 2 is 2.31 bits per heavy atom. The minimum atomic E-state index is -0.324. The topological polar surface area (TPSA) is 61.5 Å². The summed E-state index contributed by atoms with van der Waals surface area (Å²) in [5, 5.41) is 0. The highest BCUT2D eigenvalue weighted by molar-refractivity contribution is 5.57. The number of aryl methyl sites for hydroxylation is 1. The zero-order chi connectivity index (χ0) is 9.26. The predicted octanol–water partition coefficient (Wildman–Crippen LogP) is 1.07. The third kappa shape index (κ3) is 1.38. The van der Waals surface area contributed by atoms with Gasteiger partial charge < -0.3 is 9.97 Å². The normalized spacial score (nSPS) is 10.2. The lowest BCUT2D eigenvalue weighted by atomic mass is 10.2. The van der Waals surface area contributed by atoms with Crippen molar-refractivity contribution in [3.63, 3.8) is 0 Å². The van der Waals surface area contributed by atoms with Crippen LogP contribution >= 0.6 is 0 Å². The highest BCUT2D eigenvalue weighted by atomic mass is 16.1. The van der Waals surface area contributed by atoms with Crippen LogP contribution in [0.3, 0.4) is 0 Å². The molecule has 0 saturated carbocycles. The van der Waals surface area contributed by atoms with Crippen LogP contribution in [0, 0.1) is 6.92 Å². The molecule has 0 saturated heterocycles. The number of rotatable bonds is 1. The maximum Gasteiger partial charge on any atom is 0.345 e. The minimum absolute atomic E-state index is 0.324. The van der Waals surface area contributed by atoms with Crippen molar-refractivity contribution < 1.29 is 0 Å². The summed E-state index contributed by atoms with van der Waals surface area (Å²) in [4.78, 5) is 20.3. The van der Waals surface area contributed by atoms with E-state index in [1.54, 1.807) is 6.20 Å². The maximum absolute atomic E-state index is 11.0. The van der Waals surface area contributed by atoms with Gasteiger partial charge in [0.05, 0.1) is 11.4 Å². The van der Waals surface area contributed by atoms with E-state index in [-0.39, 0.29) is 5.69 Å². The second-order valence-corrected chi connectivity index (χ2v) is 2.83. The van der Waals surface area contributed by atoms with Gasteiger partial charge in [0.15, 0.2) is 0 Å². The lowest BCUT2D eigenvalue weighted by Crippen LogP contribution is -2.11. The summed E-state index contributed by atoms with van der Waals surface area (Å²) in [7, 11) is 0. The first-order valence-electron chi connectivity index (χ1n) is 3.97. The molecule has 2 aromatic heterocycles. The van der Waals surface area contributed by atoms with Gasteiger partial charge in [0.2, 0.25) is 0 Å². The summed E-state index contributed by atoms with van der Waals surface area (Å²) in [6, 6.07) is 3.78. The molecule has 0 spiro atoms. The molecule has 4 nitrogen and oxygen atoms in total. The number of hydrogen-bond acceptors (Lipinski definition) is 2. The van der Waals surface area contributed by atoms with Gasteiger partial charge in [0.25, 0.3) is 0 Å². The van der Waals surface area contributed by atoms with E-state index in [4.69, 9.17) is 0 Å². The van der Waals surface area contributed by atoms with Gasteiger partial charge >= 0.3 is 5.69 Å². The average Bonchev–Trinajstić information content (AvgIpc) is 2.61. The number of nitrogens with one attached hydrogen (secondary N) is 2. The molecule has 0 aliphatic heterocycles. The molecule has 0 bridgehead atoms. The van der Waals surface area contributed by atoms with Gasteiger partial charge in [0.1, 0.15) is 0 Å². The Balaban J connectivity index is 2.64. The van der Waals surface area contributed by atoms with Gasteiger partial charge in [-0.1, -0.05) is 0 Å². The standard InChI is InChI=1S/C9H9N3O/c1-6-5-11-9(13)12-8(6)7-3-2-4-10-7/h2-5,10H,1H3,(H,11,12,13). The molecule has 2 N–H and O–H groups in total. The third-order valence-electron chi connectivity index (χ3n) is 1.87. The Morgan fingerprint density at radius 3 is 3.00 bits per heavy atom. The van der Waals surface area contributed by atoms with Crippen LogP contribution in [-0.2, 0) is 0 Å². The van der Waals surface area contributed by atoms with Crippen molar-refractivity contribution >= 4 is 0 Å². The largest absolute Gasteiger partial charge is 0.360 e. The Bertz CT molecular complexity index is 456. The van der Waals surface area contributed by atoms with Crippen molar-refractivity contribution in [1.82, 2.24) is 15.0 Å². The lowest BCUT2D eigenvalue weighted by molar-refractivity contribution is 1.05. The van der Waals surface area contributed by atoms with Crippen molar-refractivity contribution in [1.29, 1.82) is 0 Å². The highest BCUT2D eigenvalue weighted by Crippen LogP contribution is 2.15. The van der Waals surface area contributed by atoms with Gasteiger partial charge in [0, 0.05) is 12.4 Å². The van der Waals surface area contributed by atoms with E-state index < -0.39 is 0 Å². The summed E-state index contributed by atoms with van der Waals surface area (Å²) >= 11 is 0. The first-order valence-corrected chi connectivity index (χ1v) is 3.97. The van der Waals surface area contributed by atoms with Gasteiger partial charge in [-0.05, 0) is 24.6 Å². The fourth-order valence-electron chi connectivity index (χ4n) is 1.22. The van der Waals surface area contributed by atoms with Gasteiger partial charge in [-0.2, -0.15) is 0 Å². The second kappa shape index (κ2) is 2.90. The number of aromatic nitrogens is 3. The summed E-state index contributed by atoms with van der Waals surface area (Å²) < 4.78 is 0. The molecule has 2 rings (SSSR count). The predicted molar refractivity (Wildman–Crippen MR) is 49.4 cm³/mol. The van der Waals surface area contributed by atoms with E-state index in [1.165, 1.54) is 0 Å². The molecule has 0 unspecified atom stereocenters. The number of hydrogen-bond donors (Lipinski definition) is 2. The second-order valence-electron chi connectivity index (χ2n) is 2.83. The van der Waals surface area contributed by atoms with Crippen molar-refractivity contribution in [3.05, 3.63) is 40.6 Å². The number of H-pyrrole nitrogens is 2. The van der Waals surface area contributed by atoms with E-state index in [0.717, 1.165) is 17.0 Å². The smallest absolute Gasteiger partial charge is 0.345 e. The molecule has 0 atom stereocenters. The van der Waals surface area contributed by atoms with Crippen LogP contribution in [0.5, 0.6) is 0 Å². The molecule has 0 amide bonds. The van der Waals surface area contributed by atoms with Crippen LogP contribution in [0.15, 0.2) is 29.3 Å². The van der Waals surface area contributed by atoms with E-state index in [2.05, 4.69) is 15.0 Å². The Morgan fingerprint density at radius 1 is 1.46 bits per heavy atom. The van der Waals surface area contributed by atoms with Crippen molar-refractivity contribution in [3.8, 4) is 11.4 Å². The first kappa shape index (κ1) is 7.79. The zero-order valence-corrected chi connectivity index (χ0v) is 7.16. The summed E-state index contributed by atoms with van der Waals surface area (Å²) in [5.74, 6) is 0. The van der Waals surface area contributed by atoms with Gasteiger partial charge in [-0.3, -0.25) is 0 Å². The van der Waals surface area contributed by atoms with Gasteiger partial charge in [-0.25, -0.2) is 9.78 Å². The maximum atomic E-state index is 11.0. The van der Waals surface area contributed by atoms with Gasteiger partial charge in [-0.15, -0.1) is 0 Å². The van der Waals surface area contributed by atoms with Crippen molar-refractivity contribution in [2.24, 2.45) is 0 Å². The van der Waals surface area contributed by atoms with Crippen LogP contribution in [-0.4, -0.2) is 15.0 Å². The number of nitrogens with zero attached hydrogens (tertiary/aromatic N) is 1. The number of aromatic amines is 2. The Kier molecular flexibility index (Phi) is 1.73. The quantitative estimate of drug-likeness (QED) is 0.681. The molecule has 0 aliphatic rings. The Labute approximate surface area is 74.7 Å². The zero-order valence-electron chi connectivity index (χ0n) is 7.16. The SMILES string of the molecule is Cc1cnc(=O)[nH]c1-c1ccc[nH]1. The van der Waals surface area contributed by atoms with Crippen molar-refractivity contribution in [2.75, 3.05) is 0 Å². The third-order valence-corrected chi connectivity index (χ3v) is 1.87. The molecular formula is C9H9N3O. The van der Waals surface area contributed by atoms with Crippen LogP contribution < -0.4 is 5.69 Å². The molecule has 0 aliphatic carbocycles. The monoisotopic (exact) mass is 175 g/mol. The lowest BCUT2D eigenvalue weighted by Gasteiger charge is -2.00. The Hall–Kier alpha value is -1.84. The molecular weight excluding hydrogens is 166 g/mol. The molecule has 0 aromatic carbocycles. The van der Waals surface area contributed by atoms with E-state index >= 15 is 0 Å². The van der Waals surface area contributed by atoms with Crippen LogP contribution in [0.4, 0.5) is 0 Å². The van der Waals surface area contributed by atoms with Crippen LogP contribution in [0.1, 0.15) is 5.56 Å².